The maximum absolute atomic E-state index is 6.19. The van der Waals surface area contributed by atoms with Gasteiger partial charge in [0.2, 0.25) is 5.88 Å². The number of nitrogen functional groups attached to an aromatic ring is 1. The van der Waals surface area contributed by atoms with Crippen LogP contribution in [0.25, 0.3) is 22.4 Å². The van der Waals surface area contributed by atoms with Gasteiger partial charge in [0.05, 0.1) is 10.6 Å². The van der Waals surface area contributed by atoms with E-state index in [4.69, 9.17) is 21.9 Å². The van der Waals surface area contributed by atoms with Gasteiger partial charge in [-0.15, -0.1) is 0 Å². The molecule has 0 aliphatic carbocycles. The van der Waals surface area contributed by atoms with Gasteiger partial charge in [0.1, 0.15) is 5.69 Å². The van der Waals surface area contributed by atoms with Crippen molar-refractivity contribution in [1.29, 1.82) is 0 Å². The van der Waals surface area contributed by atoms with Crippen molar-refractivity contribution in [3.63, 3.8) is 0 Å². The van der Waals surface area contributed by atoms with Crippen LogP contribution < -0.4 is 5.73 Å². The van der Waals surface area contributed by atoms with E-state index in [2.05, 4.69) is 43.7 Å². The third-order valence-corrected chi connectivity index (χ3v) is 5.32. The molecule has 0 fully saturated rings. The second-order valence-corrected chi connectivity index (χ2v) is 6.80. The third kappa shape index (κ3) is 2.82. The first-order valence-electron chi connectivity index (χ1n) is 6.03. The van der Waals surface area contributed by atoms with Crippen molar-refractivity contribution in [2.24, 2.45) is 0 Å². The molecule has 0 amide bonds. The molecule has 0 saturated heterocycles. The van der Waals surface area contributed by atoms with Gasteiger partial charge >= 0.3 is 0 Å². The van der Waals surface area contributed by atoms with E-state index in [1.807, 2.05) is 42.5 Å². The minimum atomic E-state index is 0.284. The van der Waals surface area contributed by atoms with Crippen molar-refractivity contribution in [3.8, 4) is 22.4 Å². The van der Waals surface area contributed by atoms with Crippen LogP contribution in [0, 0.1) is 3.57 Å². The Morgan fingerprint density at radius 2 is 1.95 bits per heavy atom. The first kappa shape index (κ1) is 14.9. The van der Waals surface area contributed by atoms with E-state index in [0.717, 1.165) is 24.7 Å². The zero-order valence-electron chi connectivity index (χ0n) is 10.6. The standard InChI is InChI=1S/C15H9BrClIN2O/c16-10-4-2-1-3-9(10)13-14(20-21-15(13)19)8-5-6-12(18)11(17)7-8/h1-7H,19H2. The SMILES string of the molecule is Nc1onc(-c2ccc(I)c(Cl)c2)c1-c1ccccc1Br. The summed E-state index contributed by atoms with van der Waals surface area (Å²) in [5, 5.41) is 4.77. The number of nitrogens with zero attached hydrogens (tertiary/aromatic N) is 1. The zero-order chi connectivity index (χ0) is 15.0. The predicted molar refractivity (Wildman–Crippen MR) is 97.2 cm³/mol. The third-order valence-electron chi connectivity index (χ3n) is 3.05. The van der Waals surface area contributed by atoms with Crippen molar-refractivity contribution < 1.29 is 4.52 Å². The highest BCUT2D eigenvalue weighted by Crippen LogP contribution is 2.40. The summed E-state index contributed by atoms with van der Waals surface area (Å²) in [7, 11) is 0. The lowest BCUT2D eigenvalue weighted by Gasteiger charge is -2.06. The van der Waals surface area contributed by atoms with Gasteiger partial charge in [0, 0.05) is 19.2 Å². The van der Waals surface area contributed by atoms with Crippen LogP contribution in [0.2, 0.25) is 5.02 Å². The molecule has 0 aliphatic rings. The van der Waals surface area contributed by atoms with E-state index in [1.54, 1.807) is 0 Å². The first-order valence-corrected chi connectivity index (χ1v) is 8.28. The van der Waals surface area contributed by atoms with Crippen molar-refractivity contribution in [1.82, 2.24) is 5.16 Å². The largest absolute Gasteiger partial charge is 0.367 e. The zero-order valence-corrected chi connectivity index (χ0v) is 15.1. The Hall–Kier alpha value is -1.05. The summed E-state index contributed by atoms with van der Waals surface area (Å²) in [5.74, 6) is 0.284. The molecule has 2 aromatic carbocycles. The molecule has 3 rings (SSSR count). The second kappa shape index (κ2) is 5.98. The molecule has 0 unspecified atom stereocenters. The molecule has 0 saturated carbocycles. The molecule has 0 bridgehead atoms. The Labute approximate surface area is 148 Å². The summed E-state index contributed by atoms with van der Waals surface area (Å²) in [4.78, 5) is 0. The molecule has 21 heavy (non-hydrogen) atoms. The fourth-order valence-electron chi connectivity index (χ4n) is 2.07. The Bertz CT molecular complexity index is 819. The molecule has 0 aliphatic heterocycles. The maximum Gasteiger partial charge on any atom is 0.230 e. The van der Waals surface area contributed by atoms with Crippen LogP contribution in [0.4, 0.5) is 5.88 Å². The van der Waals surface area contributed by atoms with Crippen LogP contribution >= 0.6 is 50.1 Å². The van der Waals surface area contributed by atoms with Gasteiger partial charge in [-0.3, -0.25) is 0 Å². The molecule has 6 heteroatoms. The summed E-state index contributed by atoms with van der Waals surface area (Å²) in [5.41, 5.74) is 9.20. The summed E-state index contributed by atoms with van der Waals surface area (Å²) >= 11 is 11.9. The second-order valence-electron chi connectivity index (χ2n) is 4.38. The van der Waals surface area contributed by atoms with Crippen molar-refractivity contribution in [3.05, 3.63) is 55.5 Å². The highest BCUT2D eigenvalue weighted by molar-refractivity contribution is 14.1. The summed E-state index contributed by atoms with van der Waals surface area (Å²) in [6, 6.07) is 13.5. The number of hydrogen-bond donors (Lipinski definition) is 1. The van der Waals surface area contributed by atoms with Gasteiger partial charge in [-0.1, -0.05) is 57.0 Å². The number of benzene rings is 2. The van der Waals surface area contributed by atoms with Gasteiger partial charge in [-0.2, -0.15) is 0 Å². The topological polar surface area (TPSA) is 52.0 Å². The van der Waals surface area contributed by atoms with E-state index in [-0.39, 0.29) is 5.88 Å². The molecule has 2 N–H and O–H groups in total. The molecule has 0 spiro atoms. The average molecular weight is 476 g/mol. The number of hydrogen-bond acceptors (Lipinski definition) is 3. The highest BCUT2D eigenvalue weighted by atomic mass is 127. The lowest BCUT2D eigenvalue weighted by molar-refractivity contribution is 0.439. The molecule has 106 valence electrons. The molecule has 0 radical (unpaired) electrons. The van der Waals surface area contributed by atoms with Crippen LogP contribution in [0.3, 0.4) is 0 Å². The predicted octanol–water partition coefficient (Wildman–Crippen LogP) is 5.61. The van der Waals surface area contributed by atoms with Crippen LogP contribution in [0.5, 0.6) is 0 Å². The van der Waals surface area contributed by atoms with Crippen LogP contribution in [-0.4, -0.2) is 5.16 Å². The van der Waals surface area contributed by atoms with Crippen molar-refractivity contribution >= 4 is 56.0 Å². The summed E-state index contributed by atoms with van der Waals surface area (Å²) < 4.78 is 7.10. The number of aromatic nitrogens is 1. The summed E-state index contributed by atoms with van der Waals surface area (Å²) in [6.45, 7) is 0. The Morgan fingerprint density at radius 3 is 2.67 bits per heavy atom. The number of anilines is 1. The van der Waals surface area contributed by atoms with Gasteiger partial charge in [-0.25, -0.2) is 0 Å². The fourth-order valence-corrected chi connectivity index (χ4v) is 3.07. The fraction of sp³-hybridized carbons (Fsp3) is 0. The molecule has 1 aromatic heterocycles. The van der Waals surface area contributed by atoms with Crippen molar-refractivity contribution in [2.75, 3.05) is 5.73 Å². The first-order chi connectivity index (χ1) is 10.1. The molecule has 3 aromatic rings. The van der Waals surface area contributed by atoms with Crippen molar-refractivity contribution in [2.45, 2.75) is 0 Å². The van der Waals surface area contributed by atoms with Gasteiger partial charge < -0.3 is 10.3 Å². The monoisotopic (exact) mass is 474 g/mol. The highest BCUT2D eigenvalue weighted by Gasteiger charge is 2.19. The minimum Gasteiger partial charge on any atom is -0.367 e. The van der Waals surface area contributed by atoms with Gasteiger partial charge in [0.15, 0.2) is 0 Å². The lowest BCUT2D eigenvalue weighted by Crippen LogP contribution is -1.89. The molecular weight excluding hydrogens is 466 g/mol. The van der Waals surface area contributed by atoms with E-state index < -0.39 is 0 Å². The van der Waals surface area contributed by atoms with E-state index in [0.29, 0.717) is 10.7 Å². The van der Waals surface area contributed by atoms with Gasteiger partial charge in [-0.05, 0) is 40.8 Å². The van der Waals surface area contributed by atoms with Crippen LogP contribution in [-0.2, 0) is 0 Å². The van der Waals surface area contributed by atoms with Gasteiger partial charge in [0.25, 0.3) is 0 Å². The summed E-state index contributed by atoms with van der Waals surface area (Å²) in [6.07, 6.45) is 0. The minimum absolute atomic E-state index is 0.284. The lowest BCUT2D eigenvalue weighted by atomic mass is 10.0. The Morgan fingerprint density at radius 1 is 1.19 bits per heavy atom. The molecular formula is C15H9BrClIN2O. The smallest absolute Gasteiger partial charge is 0.230 e. The van der Waals surface area contributed by atoms with E-state index >= 15 is 0 Å². The number of halogens is 3. The van der Waals surface area contributed by atoms with Crippen LogP contribution in [0.15, 0.2) is 51.5 Å². The number of rotatable bonds is 2. The molecule has 3 nitrogen and oxygen atoms in total. The average Bonchev–Trinajstić information content (AvgIpc) is 2.84. The maximum atomic E-state index is 6.19. The van der Waals surface area contributed by atoms with Crippen LogP contribution in [0.1, 0.15) is 0 Å². The quantitative estimate of drug-likeness (QED) is 0.490. The molecule has 0 atom stereocenters. The van der Waals surface area contributed by atoms with E-state index in [9.17, 15) is 0 Å². The Kier molecular flexibility index (Phi) is 4.24. The molecule has 1 heterocycles. The Balaban J connectivity index is 2.22. The normalized spacial score (nSPS) is 10.8. The number of nitrogens with two attached hydrogens (primary N) is 1. The van der Waals surface area contributed by atoms with E-state index in [1.165, 1.54) is 0 Å².